The van der Waals surface area contributed by atoms with Gasteiger partial charge < -0.3 is 5.32 Å². The number of hydrogen-bond acceptors (Lipinski definition) is 2. The maximum atomic E-state index is 12.3. The Kier molecular flexibility index (Phi) is 4.59. The Hall–Kier alpha value is -0.150. The molecule has 0 radical (unpaired) electrons. The second-order valence-corrected chi connectivity index (χ2v) is 5.33. The van der Waals surface area contributed by atoms with Crippen molar-refractivity contribution in [2.45, 2.75) is 51.1 Å². The van der Waals surface area contributed by atoms with Crippen molar-refractivity contribution >= 4 is 0 Å². The van der Waals surface area contributed by atoms with Gasteiger partial charge in [-0.15, -0.1) is 0 Å². The van der Waals surface area contributed by atoms with Crippen LogP contribution in [0.15, 0.2) is 0 Å². The van der Waals surface area contributed by atoms with E-state index in [0.29, 0.717) is 18.5 Å². The van der Waals surface area contributed by atoms with E-state index in [9.17, 15) is 4.39 Å². The van der Waals surface area contributed by atoms with Gasteiger partial charge in [-0.2, -0.15) is 0 Å². The first-order valence-corrected chi connectivity index (χ1v) is 6.88. The molecule has 2 aliphatic rings. The Bertz CT molecular complexity index is 206. The minimum Gasteiger partial charge on any atom is -0.311 e. The smallest absolute Gasteiger partial charge is 0.0906 e. The molecule has 1 aliphatic heterocycles. The first-order valence-electron chi connectivity index (χ1n) is 6.88. The third-order valence-corrected chi connectivity index (χ3v) is 3.96. The number of halogens is 1. The van der Waals surface area contributed by atoms with E-state index in [0.717, 1.165) is 25.6 Å². The molecule has 1 saturated heterocycles. The van der Waals surface area contributed by atoms with E-state index >= 15 is 0 Å². The highest BCUT2D eigenvalue weighted by molar-refractivity contribution is 4.94. The van der Waals surface area contributed by atoms with Crippen molar-refractivity contribution in [1.29, 1.82) is 0 Å². The summed E-state index contributed by atoms with van der Waals surface area (Å²) in [4.78, 5) is 2.53. The summed E-state index contributed by atoms with van der Waals surface area (Å²) >= 11 is 0. The van der Waals surface area contributed by atoms with Gasteiger partial charge in [0.25, 0.3) is 0 Å². The van der Waals surface area contributed by atoms with Gasteiger partial charge >= 0.3 is 0 Å². The third-order valence-electron chi connectivity index (χ3n) is 3.96. The molecule has 3 heteroatoms. The Balaban J connectivity index is 1.83. The van der Waals surface area contributed by atoms with Gasteiger partial charge in [0.05, 0.1) is 6.67 Å². The van der Waals surface area contributed by atoms with E-state index in [-0.39, 0.29) is 6.67 Å². The highest BCUT2D eigenvalue weighted by atomic mass is 19.1. The number of hydrogen-bond donors (Lipinski definition) is 1. The molecule has 94 valence electrons. The molecule has 0 aromatic heterocycles. The van der Waals surface area contributed by atoms with Crippen LogP contribution < -0.4 is 5.32 Å². The van der Waals surface area contributed by atoms with Crippen molar-refractivity contribution < 1.29 is 4.39 Å². The lowest BCUT2D eigenvalue weighted by Gasteiger charge is -2.40. The summed E-state index contributed by atoms with van der Waals surface area (Å²) < 4.78 is 12.3. The van der Waals surface area contributed by atoms with Crippen molar-refractivity contribution in [3.63, 3.8) is 0 Å². The summed E-state index contributed by atoms with van der Waals surface area (Å²) in [6, 6.07) is 1.33. The fraction of sp³-hybridized carbons (Fsp3) is 1.00. The molecule has 0 aromatic rings. The van der Waals surface area contributed by atoms with Crippen molar-refractivity contribution in [2.24, 2.45) is 5.92 Å². The van der Waals surface area contributed by atoms with Crippen LogP contribution in [0.25, 0.3) is 0 Å². The van der Waals surface area contributed by atoms with Crippen molar-refractivity contribution in [1.82, 2.24) is 10.2 Å². The average Bonchev–Trinajstić information content (AvgIpc) is 3.12. The van der Waals surface area contributed by atoms with E-state index in [1.54, 1.807) is 0 Å². The number of nitrogens with zero attached hydrogens (tertiary/aromatic N) is 1. The van der Waals surface area contributed by atoms with Crippen molar-refractivity contribution in [3.05, 3.63) is 0 Å². The summed E-state index contributed by atoms with van der Waals surface area (Å²) in [6.07, 6.45) is 5.97. The number of piperazine rings is 1. The molecule has 1 aliphatic carbocycles. The first-order chi connectivity index (χ1) is 7.85. The van der Waals surface area contributed by atoms with Crippen molar-refractivity contribution in [3.8, 4) is 0 Å². The fourth-order valence-corrected chi connectivity index (χ4v) is 2.85. The van der Waals surface area contributed by atoms with Gasteiger partial charge in [-0.1, -0.05) is 13.3 Å². The summed E-state index contributed by atoms with van der Waals surface area (Å²) in [5.41, 5.74) is 0. The summed E-state index contributed by atoms with van der Waals surface area (Å²) in [6.45, 7) is 5.28. The Morgan fingerprint density at radius 3 is 2.81 bits per heavy atom. The van der Waals surface area contributed by atoms with Crippen LogP contribution in [-0.2, 0) is 0 Å². The van der Waals surface area contributed by atoms with Crippen LogP contribution in [0.1, 0.15) is 39.0 Å². The minimum atomic E-state index is -0.170. The molecular weight excluding hydrogens is 203 g/mol. The quantitative estimate of drug-likeness (QED) is 0.750. The molecule has 0 spiro atoms. The molecule has 2 fully saturated rings. The van der Waals surface area contributed by atoms with Crippen LogP contribution >= 0.6 is 0 Å². The van der Waals surface area contributed by atoms with E-state index in [2.05, 4.69) is 17.1 Å². The SMILES string of the molecule is CCCC1CNC(C2CC2)CN1CCCF. The largest absolute Gasteiger partial charge is 0.311 e. The van der Waals surface area contributed by atoms with Gasteiger partial charge in [-0.3, -0.25) is 9.29 Å². The molecule has 0 amide bonds. The second-order valence-electron chi connectivity index (χ2n) is 5.33. The maximum absolute atomic E-state index is 12.3. The lowest BCUT2D eigenvalue weighted by atomic mass is 10.0. The van der Waals surface area contributed by atoms with E-state index in [1.807, 2.05) is 0 Å². The second kappa shape index (κ2) is 5.97. The average molecular weight is 228 g/mol. The molecule has 1 heterocycles. The molecule has 2 rings (SSSR count). The Morgan fingerprint density at radius 1 is 1.38 bits per heavy atom. The van der Waals surface area contributed by atoms with Crippen molar-refractivity contribution in [2.75, 3.05) is 26.3 Å². The molecule has 0 aromatic carbocycles. The van der Waals surface area contributed by atoms with Gasteiger partial charge in [0.1, 0.15) is 0 Å². The predicted molar refractivity (Wildman–Crippen MR) is 65.4 cm³/mol. The topological polar surface area (TPSA) is 15.3 Å². The molecule has 1 N–H and O–H groups in total. The zero-order valence-corrected chi connectivity index (χ0v) is 10.4. The Labute approximate surface area is 98.6 Å². The fourth-order valence-electron chi connectivity index (χ4n) is 2.85. The molecule has 2 unspecified atom stereocenters. The molecular formula is C13H25FN2. The zero-order valence-electron chi connectivity index (χ0n) is 10.4. The summed E-state index contributed by atoms with van der Waals surface area (Å²) in [5, 5.41) is 3.69. The van der Waals surface area contributed by atoms with E-state index in [1.165, 1.54) is 25.7 Å². The normalized spacial score (nSPS) is 31.9. The van der Waals surface area contributed by atoms with Crippen LogP contribution in [0.3, 0.4) is 0 Å². The van der Waals surface area contributed by atoms with Gasteiger partial charge in [-0.25, -0.2) is 0 Å². The van der Waals surface area contributed by atoms with Crippen LogP contribution in [0, 0.1) is 5.92 Å². The van der Waals surface area contributed by atoms with Crippen LogP contribution in [0.5, 0.6) is 0 Å². The molecule has 2 nitrogen and oxygen atoms in total. The van der Waals surface area contributed by atoms with E-state index < -0.39 is 0 Å². The lowest BCUT2D eigenvalue weighted by Crippen LogP contribution is -2.57. The van der Waals surface area contributed by atoms with Gasteiger partial charge in [0, 0.05) is 31.7 Å². The highest BCUT2D eigenvalue weighted by Crippen LogP contribution is 2.34. The molecule has 2 atom stereocenters. The third kappa shape index (κ3) is 3.17. The number of alkyl halides is 1. The maximum Gasteiger partial charge on any atom is 0.0906 e. The molecule has 0 bridgehead atoms. The predicted octanol–water partition coefficient (Wildman–Crippen LogP) is 2.20. The van der Waals surface area contributed by atoms with Gasteiger partial charge in [0.15, 0.2) is 0 Å². The van der Waals surface area contributed by atoms with E-state index in [4.69, 9.17) is 0 Å². The van der Waals surface area contributed by atoms with Gasteiger partial charge in [-0.05, 0) is 31.6 Å². The summed E-state index contributed by atoms with van der Waals surface area (Å²) in [5.74, 6) is 0.912. The first kappa shape index (κ1) is 12.3. The van der Waals surface area contributed by atoms with Crippen LogP contribution in [-0.4, -0.2) is 43.3 Å². The monoisotopic (exact) mass is 228 g/mol. The van der Waals surface area contributed by atoms with Gasteiger partial charge in [0.2, 0.25) is 0 Å². The zero-order chi connectivity index (χ0) is 11.4. The lowest BCUT2D eigenvalue weighted by molar-refractivity contribution is 0.111. The minimum absolute atomic E-state index is 0.170. The highest BCUT2D eigenvalue weighted by Gasteiger charge is 2.36. The van der Waals surface area contributed by atoms with Crippen LogP contribution in [0.2, 0.25) is 0 Å². The molecule has 16 heavy (non-hydrogen) atoms. The number of nitrogens with one attached hydrogen (secondary N) is 1. The standard InChI is InChI=1S/C13H25FN2/c1-2-4-12-9-15-13(11-5-6-11)10-16(12)8-3-7-14/h11-13,15H,2-10H2,1H3. The number of rotatable bonds is 6. The molecule has 1 saturated carbocycles. The van der Waals surface area contributed by atoms with Crippen LogP contribution in [0.4, 0.5) is 4.39 Å². The Morgan fingerprint density at radius 2 is 2.19 bits per heavy atom. The summed E-state index contributed by atoms with van der Waals surface area (Å²) in [7, 11) is 0.